The van der Waals surface area contributed by atoms with E-state index < -0.39 is 11.3 Å². The first-order valence-electron chi connectivity index (χ1n) is 7.38. The lowest BCUT2D eigenvalue weighted by molar-refractivity contribution is -0.171. The molecule has 1 aliphatic heterocycles. The third-order valence-electron chi connectivity index (χ3n) is 5.58. The number of carbonyl (C=O) groups excluding carboxylic acids is 3. The summed E-state index contributed by atoms with van der Waals surface area (Å²) in [5.41, 5.74) is 1.81. The second-order valence-electron chi connectivity index (χ2n) is 6.80. The number of pyridine rings is 1. The van der Waals surface area contributed by atoms with Crippen molar-refractivity contribution in [3.63, 3.8) is 0 Å². The Morgan fingerprint density at radius 2 is 1.91 bits per heavy atom. The quantitative estimate of drug-likeness (QED) is 0.840. The van der Waals surface area contributed by atoms with Gasteiger partial charge in [0.25, 0.3) is 17.7 Å². The highest BCUT2D eigenvalue weighted by molar-refractivity contribution is 6.06. The highest BCUT2D eigenvalue weighted by Gasteiger charge is 2.64. The zero-order chi connectivity index (χ0) is 16.1. The molecule has 2 bridgehead atoms. The van der Waals surface area contributed by atoms with E-state index in [1.54, 1.807) is 0 Å². The fourth-order valence-corrected chi connectivity index (χ4v) is 3.59. The minimum absolute atomic E-state index is 0.243. The number of nitrogens with one attached hydrogen (secondary N) is 1. The number of hydrogen-bond donors (Lipinski definition) is 1. The van der Waals surface area contributed by atoms with Crippen molar-refractivity contribution in [2.24, 2.45) is 16.7 Å². The highest BCUT2D eigenvalue weighted by atomic mass is 16.2. The van der Waals surface area contributed by atoms with Crippen LogP contribution in [0.25, 0.3) is 0 Å². The molecule has 22 heavy (non-hydrogen) atoms. The Morgan fingerprint density at radius 3 is 2.55 bits per heavy atom. The van der Waals surface area contributed by atoms with Crippen LogP contribution in [-0.2, 0) is 9.59 Å². The second kappa shape index (κ2) is 4.63. The largest absolute Gasteiger partial charge is 0.272 e. The average molecular weight is 301 g/mol. The van der Waals surface area contributed by atoms with Gasteiger partial charge in [-0.1, -0.05) is 20.8 Å². The van der Waals surface area contributed by atoms with Gasteiger partial charge in [-0.05, 0) is 30.4 Å². The number of hydrogen-bond acceptors (Lipinski definition) is 4. The maximum absolute atomic E-state index is 12.8. The molecule has 6 nitrogen and oxygen atoms in total. The van der Waals surface area contributed by atoms with Crippen LogP contribution in [0.4, 0.5) is 0 Å². The molecule has 1 N–H and O–H groups in total. The van der Waals surface area contributed by atoms with Crippen LogP contribution < -0.4 is 5.43 Å². The molecule has 2 heterocycles. The van der Waals surface area contributed by atoms with E-state index in [2.05, 4.69) is 10.4 Å². The Bertz CT molecular complexity index is 656. The summed E-state index contributed by atoms with van der Waals surface area (Å²) in [7, 11) is 0. The van der Waals surface area contributed by atoms with Crippen LogP contribution in [0.3, 0.4) is 0 Å². The Balaban J connectivity index is 1.89. The molecule has 1 aliphatic carbocycles. The first-order chi connectivity index (χ1) is 10.3. The van der Waals surface area contributed by atoms with E-state index >= 15 is 0 Å². The smallest absolute Gasteiger partial charge is 0.270 e. The lowest BCUT2D eigenvalue weighted by Crippen LogP contribution is -2.63. The number of carbonyl (C=O) groups is 3. The topological polar surface area (TPSA) is 79.4 Å². The predicted molar refractivity (Wildman–Crippen MR) is 78.2 cm³/mol. The number of piperidine rings is 1. The van der Waals surface area contributed by atoms with Crippen molar-refractivity contribution in [2.75, 3.05) is 0 Å². The van der Waals surface area contributed by atoms with Crippen LogP contribution in [0.15, 0.2) is 24.5 Å². The zero-order valence-electron chi connectivity index (χ0n) is 12.9. The van der Waals surface area contributed by atoms with E-state index in [4.69, 9.17) is 0 Å². The summed E-state index contributed by atoms with van der Waals surface area (Å²) in [4.78, 5) is 41.4. The number of nitrogens with zero attached hydrogens (tertiary/aromatic N) is 2. The molecule has 0 spiro atoms. The summed E-state index contributed by atoms with van der Waals surface area (Å²) in [6, 6.07) is 3.07. The maximum Gasteiger partial charge on any atom is 0.270 e. The van der Waals surface area contributed by atoms with Gasteiger partial charge in [-0.15, -0.1) is 0 Å². The molecule has 0 radical (unpaired) electrons. The van der Waals surface area contributed by atoms with Gasteiger partial charge < -0.3 is 0 Å². The predicted octanol–water partition coefficient (Wildman–Crippen LogP) is 1.54. The summed E-state index contributed by atoms with van der Waals surface area (Å²) in [5.74, 6) is -1.36. The van der Waals surface area contributed by atoms with Gasteiger partial charge in [-0.2, -0.15) is 5.01 Å². The second-order valence-corrected chi connectivity index (χ2v) is 6.80. The standard InChI is InChI=1S/C16H19N3O3/c1-15(2)11-4-7-16(15,3)14(22)19(13(11)21)18-12(20)10-5-8-17-9-6-10/h5-6,8-9,11H,4,7H2,1-3H3,(H,18,20). The van der Waals surface area contributed by atoms with Crippen molar-refractivity contribution >= 4 is 17.7 Å². The lowest BCUT2D eigenvalue weighted by atomic mass is 9.63. The summed E-state index contributed by atoms with van der Waals surface area (Å²) in [6.07, 6.45) is 4.32. The molecule has 116 valence electrons. The number of rotatable bonds is 2. The molecule has 0 aromatic carbocycles. The van der Waals surface area contributed by atoms with Gasteiger partial charge in [0.15, 0.2) is 0 Å². The minimum Gasteiger partial charge on any atom is -0.272 e. The molecule has 6 heteroatoms. The van der Waals surface area contributed by atoms with E-state index in [0.29, 0.717) is 18.4 Å². The van der Waals surface area contributed by atoms with Gasteiger partial charge in [0.1, 0.15) is 0 Å². The Kier molecular flexibility index (Phi) is 3.09. The summed E-state index contributed by atoms with van der Waals surface area (Å²) >= 11 is 0. The highest BCUT2D eigenvalue weighted by Crippen LogP contribution is 2.59. The van der Waals surface area contributed by atoms with Crippen LogP contribution in [0.5, 0.6) is 0 Å². The Hall–Kier alpha value is -2.24. The molecule has 2 atom stereocenters. The molecule has 3 rings (SSSR count). The minimum atomic E-state index is -0.628. The Labute approximate surface area is 128 Å². The molecule has 1 aromatic heterocycles. The number of amides is 3. The first kappa shape index (κ1) is 14.7. The van der Waals surface area contributed by atoms with Gasteiger partial charge in [0.2, 0.25) is 0 Å². The molecular weight excluding hydrogens is 282 g/mol. The van der Waals surface area contributed by atoms with Gasteiger partial charge in [-0.25, -0.2) is 0 Å². The van der Waals surface area contributed by atoms with Crippen molar-refractivity contribution < 1.29 is 14.4 Å². The third kappa shape index (κ3) is 1.79. The maximum atomic E-state index is 12.8. The number of fused-ring (bicyclic) bond motifs is 2. The number of aromatic nitrogens is 1. The average Bonchev–Trinajstić information content (AvgIpc) is 2.69. The van der Waals surface area contributed by atoms with Crippen molar-refractivity contribution in [2.45, 2.75) is 33.6 Å². The van der Waals surface area contributed by atoms with E-state index in [9.17, 15) is 14.4 Å². The van der Waals surface area contributed by atoms with Crippen LogP contribution in [0, 0.1) is 16.7 Å². The normalized spacial score (nSPS) is 29.6. The molecule has 2 aliphatic rings. The fourth-order valence-electron chi connectivity index (χ4n) is 3.59. The Morgan fingerprint density at radius 1 is 1.27 bits per heavy atom. The van der Waals surface area contributed by atoms with Crippen molar-refractivity contribution in [3.8, 4) is 0 Å². The van der Waals surface area contributed by atoms with E-state index in [1.807, 2.05) is 20.8 Å². The fraction of sp³-hybridized carbons (Fsp3) is 0.500. The van der Waals surface area contributed by atoms with Gasteiger partial charge >= 0.3 is 0 Å². The summed E-state index contributed by atoms with van der Waals surface area (Å²) in [5, 5.41) is 0.922. The molecule has 2 unspecified atom stereocenters. The van der Waals surface area contributed by atoms with Gasteiger partial charge in [0, 0.05) is 23.9 Å². The van der Waals surface area contributed by atoms with Crippen LogP contribution >= 0.6 is 0 Å². The van der Waals surface area contributed by atoms with Crippen LogP contribution in [0.2, 0.25) is 0 Å². The molecular formula is C16H19N3O3. The number of imide groups is 1. The van der Waals surface area contributed by atoms with E-state index in [1.165, 1.54) is 24.5 Å². The lowest BCUT2D eigenvalue weighted by Gasteiger charge is -2.47. The van der Waals surface area contributed by atoms with Gasteiger partial charge in [0.05, 0.1) is 5.41 Å². The zero-order valence-corrected chi connectivity index (χ0v) is 12.9. The molecule has 1 saturated heterocycles. The first-order valence-corrected chi connectivity index (χ1v) is 7.38. The van der Waals surface area contributed by atoms with E-state index in [-0.39, 0.29) is 23.1 Å². The van der Waals surface area contributed by atoms with E-state index in [0.717, 1.165) is 5.01 Å². The molecule has 1 aromatic rings. The summed E-state index contributed by atoms with van der Waals surface area (Å²) in [6.45, 7) is 5.80. The van der Waals surface area contributed by atoms with Crippen molar-refractivity contribution in [3.05, 3.63) is 30.1 Å². The van der Waals surface area contributed by atoms with Crippen molar-refractivity contribution in [1.29, 1.82) is 0 Å². The van der Waals surface area contributed by atoms with Crippen LogP contribution in [0.1, 0.15) is 44.0 Å². The third-order valence-corrected chi connectivity index (χ3v) is 5.58. The summed E-state index contributed by atoms with van der Waals surface area (Å²) < 4.78 is 0. The van der Waals surface area contributed by atoms with Gasteiger partial charge in [-0.3, -0.25) is 24.8 Å². The molecule has 1 saturated carbocycles. The molecule has 2 fully saturated rings. The SMILES string of the molecule is CC12CCC(C(=O)N(NC(=O)c3ccncc3)C1=O)C2(C)C. The van der Waals surface area contributed by atoms with Crippen molar-refractivity contribution in [1.82, 2.24) is 15.4 Å². The molecule has 3 amide bonds. The monoisotopic (exact) mass is 301 g/mol. The number of hydrazine groups is 1. The van der Waals surface area contributed by atoms with Crippen LogP contribution in [-0.4, -0.2) is 27.7 Å².